The summed E-state index contributed by atoms with van der Waals surface area (Å²) in [6.45, 7) is 21.0. The number of hydrogen-bond acceptors (Lipinski definition) is 1. The predicted octanol–water partition coefficient (Wildman–Crippen LogP) is 10.4. The van der Waals surface area contributed by atoms with Gasteiger partial charge in [-0.05, 0) is 52.6 Å². The van der Waals surface area contributed by atoms with Gasteiger partial charge in [0.1, 0.15) is 18.2 Å². The molecule has 220 valence electrons. The molecule has 0 N–H and O–H groups in total. The molecule has 6 aromatic rings. The molecule has 0 aliphatic rings. The maximum atomic E-state index is 8.58. The molecule has 3 nitrogen and oxygen atoms in total. The molecule has 0 aliphatic heterocycles. The minimum Gasteiger partial charge on any atom is -0.456 e. The Hall–Kier alpha value is -4.46. The first kappa shape index (κ1) is 26.0. The van der Waals surface area contributed by atoms with Crippen molar-refractivity contribution in [3.63, 3.8) is 0 Å². The molecule has 0 unspecified atom stereocenters. The van der Waals surface area contributed by atoms with Crippen LogP contribution in [0.4, 0.5) is 5.69 Å². The number of fused-ring (bicyclic) bond motifs is 3. The van der Waals surface area contributed by atoms with Crippen LogP contribution in [0.25, 0.3) is 60.3 Å². The van der Waals surface area contributed by atoms with Gasteiger partial charge in [-0.3, -0.25) is 0 Å². The third-order valence-corrected chi connectivity index (χ3v) is 10.7. The monoisotopic (exact) mass is 596 g/mol. The van der Waals surface area contributed by atoms with Gasteiger partial charge in [0.15, 0.2) is 11.9 Å². The van der Waals surface area contributed by atoms with Gasteiger partial charge in [0.2, 0.25) is 5.69 Å². The molecule has 6 rings (SSSR count). The van der Waals surface area contributed by atoms with E-state index in [-0.39, 0.29) is 5.41 Å². The summed E-state index contributed by atoms with van der Waals surface area (Å²) in [4.78, 5) is 3.85. The van der Waals surface area contributed by atoms with E-state index in [1.165, 1.54) is 5.19 Å². The molecule has 0 amide bonds. The van der Waals surface area contributed by atoms with Crippen LogP contribution < -0.4 is 9.75 Å². The summed E-state index contributed by atoms with van der Waals surface area (Å²) in [5.74, 6) is 0. The van der Waals surface area contributed by atoms with Gasteiger partial charge in [0.25, 0.3) is 0 Å². The van der Waals surface area contributed by atoms with E-state index in [1.807, 2.05) is 54.6 Å². The topological polar surface area (TPSA) is 21.4 Å². The van der Waals surface area contributed by atoms with Crippen LogP contribution in [0.1, 0.15) is 41.6 Å². The van der Waals surface area contributed by atoms with E-state index in [1.54, 1.807) is 0 Å². The fourth-order valence-electron chi connectivity index (χ4n) is 6.25. The fourth-order valence-corrected chi connectivity index (χ4v) is 7.85. The number of aryl methyl sites for hydroxylation is 3. The highest BCUT2D eigenvalue weighted by Crippen LogP contribution is 2.44. The number of nitrogens with zero attached hydrogens (tertiary/aromatic N) is 2. The van der Waals surface area contributed by atoms with Crippen molar-refractivity contribution in [1.29, 1.82) is 0 Å². The summed E-state index contributed by atoms with van der Waals surface area (Å²) >= 11 is 0. The van der Waals surface area contributed by atoms with Crippen molar-refractivity contribution in [3.8, 4) is 33.5 Å². The van der Waals surface area contributed by atoms with Crippen LogP contribution in [0, 0.1) is 20.3 Å². The zero-order valence-corrected chi connectivity index (χ0v) is 27.9. The van der Waals surface area contributed by atoms with Crippen molar-refractivity contribution in [2.75, 3.05) is 0 Å². The molecule has 0 saturated heterocycles. The highest BCUT2D eigenvalue weighted by atomic mass is 28.3. The number of furan rings is 1. The normalized spacial score (nSPS) is 13.5. The Labute approximate surface area is 266 Å². The van der Waals surface area contributed by atoms with E-state index in [2.05, 4.69) is 94.3 Å². The van der Waals surface area contributed by atoms with Gasteiger partial charge in [-0.15, -0.1) is 0 Å². The zero-order chi connectivity index (χ0) is 34.1. The Bertz CT molecular complexity index is 2230. The second-order valence-corrected chi connectivity index (χ2v) is 18.9. The lowest BCUT2D eigenvalue weighted by molar-refractivity contribution is -0.659. The SMILES string of the molecule is [2H]C([2H])([2H])c1cc(C(C)(C)C)ccc1-c1cc(-c2c(C)ccc3c2oc2c(-c4ccccc4)c([N+]#[C-])ccc23)[n+](C)cc1[Si](C)(C)C. The maximum absolute atomic E-state index is 8.58. The smallest absolute Gasteiger partial charge is 0.216 e. The van der Waals surface area contributed by atoms with Crippen LogP contribution in [0.2, 0.25) is 19.6 Å². The molecule has 4 heteroatoms. The average Bonchev–Trinajstić information content (AvgIpc) is 3.38. The van der Waals surface area contributed by atoms with E-state index >= 15 is 0 Å². The highest BCUT2D eigenvalue weighted by Gasteiger charge is 2.30. The summed E-state index contributed by atoms with van der Waals surface area (Å²) < 4.78 is 34.7. The lowest BCUT2D eigenvalue weighted by Gasteiger charge is -2.24. The molecule has 0 saturated carbocycles. The van der Waals surface area contributed by atoms with Gasteiger partial charge >= 0.3 is 0 Å². The zero-order valence-electron chi connectivity index (χ0n) is 29.9. The largest absolute Gasteiger partial charge is 0.456 e. The summed E-state index contributed by atoms with van der Waals surface area (Å²) in [5.41, 5.74) is 9.54. The molecule has 0 fully saturated rings. The summed E-state index contributed by atoms with van der Waals surface area (Å²) in [5, 5.41) is 3.12. The molecule has 0 spiro atoms. The number of pyridine rings is 1. The number of benzene rings is 4. The van der Waals surface area contributed by atoms with Crippen LogP contribution in [0.3, 0.4) is 0 Å². The van der Waals surface area contributed by atoms with Crippen LogP contribution in [0.15, 0.2) is 89.5 Å². The van der Waals surface area contributed by atoms with Crippen molar-refractivity contribution in [2.45, 2.75) is 59.6 Å². The molecule has 0 aliphatic carbocycles. The Morgan fingerprint density at radius 1 is 0.818 bits per heavy atom. The Balaban J connectivity index is 1.70. The third kappa shape index (κ3) is 4.96. The van der Waals surface area contributed by atoms with Crippen LogP contribution in [0.5, 0.6) is 0 Å². The average molecular weight is 597 g/mol. The quantitative estimate of drug-likeness (QED) is 0.113. The standard InChI is InChI=1S/C40H41N2OSi/c1-25-16-18-30-31-20-21-33(41-6)37(27-14-12-11-13-15-27)39(31)43-38(30)36(25)34-23-32(35(24-42(34)7)44(8,9)10)29-19-17-28(22-26(29)2)40(3,4)5/h11-24H,1-5,7-10H3/q+1/i2D3. The number of rotatable bonds is 4. The molecule has 0 atom stereocenters. The molecule has 2 aromatic heterocycles. The Morgan fingerprint density at radius 3 is 2.14 bits per heavy atom. The Morgan fingerprint density at radius 2 is 1.50 bits per heavy atom. The van der Waals surface area contributed by atoms with E-state index in [4.69, 9.17) is 15.1 Å². The van der Waals surface area contributed by atoms with Crippen LogP contribution in [-0.4, -0.2) is 8.07 Å². The van der Waals surface area contributed by atoms with Crippen molar-refractivity contribution in [1.82, 2.24) is 0 Å². The van der Waals surface area contributed by atoms with Gasteiger partial charge in [-0.2, -0.15) is 0 Å². The summed E-state index contributed by atoms with van der Waals surface area (Å²) in [6.07, 6.45) is 2.20. The van der Waals surface area contributed by atoms with Gasteiger partial charge in [0, 0.05) is 31.7 Å². The fraction of sp³-hybridized carbons (Fsp3) is 0.250. The first-order valence-corrected chi connectivity index (χ1v) is 18.6. The lowest BCUT2D eigenvalue weighted by atomic mass is 9.84. The Kier molecular flexibility index (Phi) is 6.27. The van der Waals surface area contributed by atoms with Crippen LogP contribution >= 0.6 is 0 Å². The number of aromatic nitrogens is 1. The molecular weight excluding hydrogens is 553 g/mol. The minimum absolute atomic E-state index is 0.186. The van der Waals surface area contributed by atoms with E-state index in [0.717, 1.165) is 61.0 Å². The molecule has 0 radical (unpaired) electrons. The molecule has 4 aromatic carbocycles. The lowest BCUT2D eigenvalue weighted by Crippen LogP contribution is -2.46. The summed E-state index contributed by atoms with van der Waals surface area (Å²) in [7, 11) is 0.106. The first-order valence-electron chi connectivity index (χ1n) is 16.6. The van der Waals surface area contributed by atoms with Gasteiger partial charge in [-0.25, -0.2) is 9.41 Å². The molecule has 0 bridgehead atoms. The van der Waals surface area contributed by atoms with Gasteiger partial charge in [0.05, 0.1) is 20.2 Å². The predicted molar refractivity (Wildman–Crippen MR) is 189 cm³/mol. The maximum Gasteiger partial charge on any atom is 0.216 e. The third-order valence-electron chi connectivity index (χ3n) is 8.69. The van der Waals surface area contributed by atoms with E-state index < -0.39 is 14.9 Å². The van der Waals surface area contributed by atoms with Crippen LogP contribution in [-0.2, 0) is 12.5 Å². The second-order valence-electron chi connectivity index (χ2n) is 13.9. The van der Waals surface area contributed by atoms with Crippen molar-refractivity contribution in [2.24, 2.45) is 7.05 Å². The molecule has 44 heavy (non-hydrogen) atoms. The van der Waals surface area contributed by atoms with Crippen molar-refractivity contribution < 1.29 is 13.1 Å². The van der Waals surface area contributed by atoms with Gasteiger partial charge < -0.3 is 4.42 Å². The molecule has 2 heterocycles. The summed E-state index contributed by atoms with van der Waals surface area (Å²) in [6, 6.07) is 26.2. The van der Waals surface area contributed by atoms with E-state index in [0.29, 0.717) is 16.8 Å². The van der Waals surface area contributed by atoms with Crippen molar-refractivity contribution in [3.05, 3.63) is 113 Å². The number of hydrogen-bond donors (Lipinski definition) is 0. The highest BCUT2D eigenvalue weighted by molar-refractivity contribution is 6.89. The minimum atomic E-state index is -2.28. The van der Waals surface area contributed by atoms with Gasteiger partial charge in [-0.1, -0.05) is 113 Å². The van der Waals surface area contributed by atoms with E-state index in [9.17, 15) is 0 Å². The van der Waals surface area contributed by atoms with Crippen molar-refractivity contribution >= 4 is 40.9 Å². The first-order chi connectivity index (χ1) is 22.0. The molecular formula is C40H41N2OSi+. The second kappa shape index (κ2) is 10.6.